The summed E-state index contributed by atoms with van der Waals surface area (Å²) in [5.41, 5.74) is 1.45. The lowest BCUT2D eigenvalue weighted by Crippen LogP contribution is -2.28. The molecule has 29 heavy (non-hydrogen) atoms. The number of rotatable bonds is 8. The van der Waals surface area contributed by atoms with E-state index in [1.807, 2.05) is 69.3 Å². The zero-order valence-corrected chi connectivity index (χ0v) is 18.3. The van der Waals surface area contributed by atoms with Gasteiger partial charge in [0.2, 0.25) is 0 Å². The number of ether oxygens (including phenoxy) is 3. The molecule has 1 saturated heterocycles. The molecule has 7 heteroatoms. The Kier molecular flexibility index (Phi) is 7.17. The lowest BCUT2D eigenvalue weighted by molar-refractivity contribution is -0.113. The second-order valence-electron chi connectivity index (χ2n) is 5.98. The Balaban J connectivity index is 1.95. The first kappa shape index (κ1) is 21.2. The molecule has 3 rings (SSSR count). The lowest BCUT2D eigenvalue weighted by atomic mass is 10.1. The van der Waals surface area contributed by atoms with E-state index in [4.69, 9.17) is 26.4 Å². The van der Waals surface area contributed by atoms with Gasteiger partial charge in [0.1, 0.15) is 17.2 Å². The van der Waals surface area contributed by atoms with Crippen LogP contribution in [0.15, 0.2) is 47.4 Å². The highest BCUT2D eigenvalue weighted by Gasteiger charge is 2.35. The van der Waals surface area contributed by atoms with E-state index in [2.05, 4.69) is 0 Å². The first-order valence-corrected chi connectivity index (χ1v) is 10.7. The van der Waals surface area contributed by atoms with E-state index in [1.165, 1.54) is 16.7 Å². The number of carbonyl (C=O) groups excluding carboxylic acids is 1. The van der Waals surface area contributed by atoms with Crippen molar-refractivity contribution >= 4 is 46.0 Å². The average Bonchev–Trinajstić information content (AvgIpc) is 2.98. The molecule has 0 unspecified atom stereocenters. The van der Waals surface area contributed by atoms with Gasteiger partial charge in [-0.1, -0.05) is 36.1 Å². The number of carbonyl (C=O) groups is 1. The summed E-state index contributed by atoms with van der Waals surface area (Å²) in [5, 5.41) is 0. The molecule has 0 saturated carbocycles. The summed E-state index contributed by atoms with van der Waals surface area (Å²) in [6.07, 6.45) is 1.81. The Labute approximate surface area is 180 Å². The van der Waals surface area contributed by atoms with Crippen LogP contribution in [0.25, 0.3) is 6.08 Å². The lowest BCUT2D eigenvalue weighted by Gasteiger charge is -2.18. The van der Waals surface area contributed by atoms with Gasteiger partial charge in [0.05, 0.1) is 30.4 Å². The monoisotopic (exact) mass is 429 g/mol. The third-order valence-electron chi connectivity index (χ3n) is 4.08. The van der Waals surface area contributed by atoms with Crippen LogP contribution in [0.5, 0.6) is 17.2 Å². The molecule has 0 bridgehead atoms. The van der Waals surface area contributed by atoms with Gasteiger partial charge in [-0.05, 0) is 51.1 Å². The zero-order valence-electron chi connectivity index (χ0n) is 16.6. The second-order valence-corrected chi connectivity index (χ2v) is 7.66. The van der Waals surface area contributed by atoms with Crippen LogP contribution in [0, 0.1) is 0 Å². The van der Waals surface area contributed by atoms with Gasteiger partial charge in [0.15, 0.2) is 4.32 Å². The molecule has 0 N–H and O–H groups in total. The van der Waals surface area contributed by atoms with Crippen molar-refractivity contribution in [3.05, 3.63) is 52.9 Å². The topological polar surface area (TPSA) is 48.0 Å². The molecule has 5 nitrogen and oxygen atoms in total. The zero-order chi connectivity index (χ0) is 20.8. The van der Waals surface area contributed by atoms with Crippen molar-refractivity contribution in [2.24, 2.45) is 0 Å². The SMILES string of the molecule is CCOc1ccc(C=C2SC(=S)N(c3ccccc3OCC)C2=O)c(OCC)c1. The fourth-order valence-electron chi connectivity index (χ4n) is 2.91. The second kappa shape index (κ2) is 9.80. The standard InChI is InChI=1S/C22H23NO4S2/c1-4-25-16-12-11-15(19(14-16)27-6-3)13-20-21(24)23(22(28)29-20)17-9-7-8-10-18(17)26-5-2/h7-14H,4-6H2,1-3H3. The number of para-hydroxylation sites is 2. The minimum atomic E-state index is -0.177. The van der Waals surface area contributed by atoms with E-state index in [0.717, 1.165) is 11.3 Å². The number of amides is 1. The predicted octanol–water partition coefficient (Wildman–Crippen LogP) is 5.29. The molecule has 0 aliphatic carbocycles. The van der Waals surface area contributed by atoms with E-state index >= 15 is 0 Å². The third-order valence-corrected chi connectivity index (χ3v) is 5.38. The molecule has 0 aromatic heterocycles. The molecule has 2 aromatic carbocycles. The maximum Gasteiger partial charge on any atom is 0.270 e. The van der Waals surface area contributed by atoms with E-state index in [9.17, 15) is 4.79 Å². The number of thiocarbonyl (C=S) groups is 1. The molecular formula is C22H23NO4S2. The Morgan fingerprint density at radius 2 is 1.66 bits per heavy atom. The van der Waals surface area contributed by atoms with Gasteiger partial charge < -0.3 is 14.2 Å². The van der Waals surface area contributed by atoms with Crippen LogP contribution in [0.4, 0.5) is 5.69 Å². The first-order chi connectivity index (χ1) is 14.1. The summed E-state index contributed by atoms with van der Waals surface area (Å²) in [6.45, 7) is 7.34. The molecule has 0 spiro atoms. The van der Waals surface area contributed by atoms with E-state index in [1.54, 1.807) is 0 Å². The molecule has 2 aromatic rings. The molecular weight excluding hydrogens is 406 g/mol. The Hall–Kier alpha value is -2.51. The van der Waals surface area contributed by atoms with Gasteiger partial charge in [-0.2, -0.15) is 0 Å². The van der Waals surface area contributed by atoms with Crippen LogP contribution in [0.3, 0.4) is 0 Å². The first-order valence-electron chi connectivity index (χ1n) is 9.48. The van der Waals surface area contributed by atoms with Gasteiger partial charge in [-0.15, -0.1) is 0 Å². The number of anilines is 1. The van der Waals surface area contributed by atoms with Crippen LogP contribution in [-0.2, 0) is 4.79 Å². The van der Waals surface area contributed by atoms with Crippen LogP contribution in [0.2, 0.25) is 0 Å². The van der Waals surface area contributed by atoms with Crippen molar-refractivity contribution in [3.63, 3.8) is 0 Å². The van der Waals surface area contributed by atoms with Crippen LogP contribution >= 0.6 is 24.0 Å². The smallest absolute Gasteiger partial charge is 0.270 e. The van der Waals surface area contributed by atoms with Crippen molar-refractivity contribution in [2.45, 2.75) is 20.8 Å². The molecule has 1 heterocycles. The number of benzene rings is 2. The normalized spacial score (nSPS) is 15.1. The Morgan fingerprint density at radius 3 is 2.38 bits per heavy atom. The predicted molar refractivity (Wildman–Crippen MR) is 122 cm³/mol. The summed E-state index contributed by atoms with van der Waals surface area (Å²) in [4.78, 5) is 15.2. The van der Waals surface area contributed by atoms with Gasteiger partial charge >= 0.3 is 0 Å². The molecule has 1 amide bonds. The maximum atomic E-state index is 13.1. The number of hydrogen-bond donors (Lipinski definition) is 0. The highest BCUT2D eigenvalue weighted by Crippen LogP contribution is 2.40. The summed E-state index contributed by atoms with van der Waals surface area (Å²) >= 11 is 6.76. The van der Waals surface area contributed by atoms with Gasteiger partial charge in [-0.3, -0.25) is 9.69 Å². The number of thioether (sulfide) groups is 1. The average molecular weight is 430 g/mol. The van der Waals surface area contributed by atoms with Crippen LogP contribution < -0.4 is 19.1 Å². The molecule has 1 aliphatic rings. The maximum absolute atomic E-state index is 13.1. The number of nitrogens with zero attached hydrogens (tertiary/aromatic N) is 1. The van der Waals surface area contributed by atoms with E-state index in [0.29, 0.717) is 46.2 Å². The van der Waals surface area contributed by atoms with Crippen LogP contribution in [0.1, 0.15) is 26.3 Å². The summed E-state index contributed by atoms with van der Waals surface area (Å²) < 4.78 is 17.4. The van der Waals surface area contributed by atoms with Crippen molar-refractivity contribution < 1.29 is 19.0 Å². The quantitative estimate of drug-likeness (QED) is 0.420. The minimum absolute atomic E-state index is 0.177. The largest absolute Gasteiger partial charge is 0.494 e. The fourth-order valence-corrected chi connectivity index (χ4v) is 4.18. The molecule has 0 radical (unpaired) electrons. The molecule has 0 atom stereocenters. The summed E-state index contributed by atoms with van der Waals surface area (Å²) in [6, 6.07) is 13.0. The summed E-state index contributed by atoms with van der Waals surface area (Å²) in [5.74, 6) is 1.84. The van der Waals surface area contributed by atoms with Gasteiger partial charge in [0.25, 0.3) is 5.91 Å². The van der Waals surface area contributed by atoms with E-state index in [-0.39, 0.29) is 5.91 Å². The minimum Gasteiger partial charge on any atom is -0.494 e. The van der Waals surface area contributed by atoms with Crippen LogP contribution in [-0.4, -0.2) is 30.0 Å². The Morgan fingerprint density at radius 1 is 0.966 bits per heavy atom. The molecule has 1 aliphatic heterocycles. The highest BCUT2D eigenvalue weighted by molar-refractivity contribution is 8.27. The summed E-state index contributed by atoms with van der Waals surface area (Å²) in [7, 11) is 0. The van der Waals surface area contributed by atoms with Crippen molar-refractivity contribution in [2.75, 3.05) is 24.7 Å². The van der Waals surface area contributed by atoms with Gasteiger partial charge in [-0.25, -0.2) is 0 Å². The van der Waals surface area contributed by atoms with E-state index < -0.39 is 0 Å². The third kappa shape index (κ3) is 4.74. The molecule has 1 fully saturated rings. The van der Waals surface area contributed by atoms with Gasteiger partial charge in [0, 0.05) is 11.6 Å². The molecule has 152 valence electrons. The van der Waals surface area contributed by atoms with Crippen molar-refractivity contribution in [1.29, 1.82) is 0 Å². The van der Waals surface area contributed by atoms with Crippen molar-refractivity contribution in [3.8, 4) is 17.2 Å². The Bertz CT molecular complexity index is 942. The van der Waals surface area contributed by atoms with Crippen molar-refractivity contribution in [1.82, 2.24) is 0 Å². The number of hydrogen-bond acceptors (Lipinski definition) is 6. The fraction of sp³-hybridized carbons (Fsp3) is 0.273. The highest BCUT2D eigenvalue weighted by atomic mass is 32.2.